The molecule has 0 saturated heterocycles. The van der Waals surface area contributed by atoms with Crippen LogP contribution in [0.15, 0.2) is 22.6 Å². The molecule has 0 fully saturated rings. The summed E-state index contributed by atoms with van der Waals surface area (Å²) in [7, 11) is 0. The lowest BCUT2D eigenvalue weighted by molar-refractivity contribution is 0.0918. The molecule has 0 aliphatic heterocycles. The monoisotopic (exact) mass is 390 g/mol. The number of nitrogens with one attached hydrogen (secondary N) is 1. The number of nitrogens with zero attached hydrogens (tertiary/aromatic N) is 3. The Morgan fingerprint density at radius 2 is 1.93 bits per heavy atom. The van der Waals surface area contributed by atoms with Crippen molar-refractivity contribution in [2.24, 2.45) is 0 Å². The van der Waals surface area contributed by atoms with Crippen LogP contribution >= 0.6 is 0 Å². The van der Waals surface area contributed by atoms with Crippen LogP contribution < -0.4 is 5.32 Å². The van der Waals surface area contributed by atoms with E-state index in [0.29, 0.717) is 19.2 Å². The van der Waals surface area contributed by atoms with Crippen molar-refractivity contribution in [3.05, 3.63) is 41.1 Å². The number of carbonyl (C=O) groups is 1. The van der Waals surface area contributed by atoms with Crippen molar-refractivity contribution < 1.29 is 26.8 Å². The van der Waals surface area contributed by atoms with Gasteiger partial charge in [0.1, 0.15) is 17.1 Å². The first-order valence-electron chi connectivity index (χ1n) is 8.58. The van der Waals surface area contributed by atoms with Crippen LogP contribution in [0.1, 0.15) is 54.4 Å². The first-order valence-corrected chi connectivity index (χ1v) is 8.58. The summed E-state index contributed by atoms with van der Waals surface area (Å²) < 4.78 is 57.5. The maximum atomic E-state index is 13.0. The zero-order valence-electron chi connectivity index (χ0n) is 15.1. The highest BCUT2D eigenvalue weighted by Crippen LogP contribution is 2.25. The van der Waals surface area contributed by atoms with Crippen LogP contribution in [0.2, 0.25) is 0 Å². The standard InChI is InChI=1S/C17H22F4N4O2/c1-3-24(4-2)8-7-22-17(26)14-6-5-11(27-14)10-25-13(16(20)21)9-12(23-25)15(18)19/h5-6,9,15-16H,3-4,7-8,10H2,1-2H3,(H,22,26). The summed E-state index contributed by atoms with van der Waals surface area (Å²) in [6, 6.07) is 3.50. The molecule has 0 unspecified atom stereocenters. The molecule has 2 heterocycles. The molecular formula is C17H22F4N4O2. The SMILES string of the molecule is CCN(CC)CCNC(=O)c1ccc(Cn2nc(C(F)F)cc2C(F)F)o1. The van der Waals surface area contributed by atoms with Gasteiger partial charge in [-0.25, -0.2) is 17.6 Å². The van der Waals surface area contributed by atoms with Gasteiger partial charge in [-0.15, -0.1) is 0 Å². The van der Waals surface area contributed by atoms with Crippen LogP contribution in [0, 0.1) is 0 Å². The van der Waals surface area contributed by atoms with E-state index < -0.39 is 30.1 Å². The molecule has 0 aromatic carbocycles. The predicted octanol–water partition coefficient (Wildman–Crippen LogP) is 3.47. The van der Waals surface area contributed by atoms with Gasteiger partial charge in [0.2, 0.25) is 0 Å². The Morgan fingerprint density at radius 1 is 1.22 bits per heavy atom. The molecule has 0 spiro atoms. The fourth-order valence-corrected chi connectivity index (χ4v) is 2.55. The quantitative estimate of drug-likeness (QED) is 0.631. The number of amides is 1. The average molecular weight is 390 g/mol. The Balaban J connectivity index is 2.00. The minimum Gasteiger partial charge on any atom is -0.454 e. The molecule has 10 heteroatoms. The van der Waals surface area contributed by atoms with Crippen LogP contribution in [0.5, 0.6) is 0 Å². The zero-order valence-corrected chi connectivity index (χ0v) is 15.1. The number of carbonyl (C=O) groups excluding carboxylic acids is 1. The van der Waals surface area contributed by atoms with Crippen molar-refractivity contribution in [1.82, 2.24) is 20.0 Å². The highest BCUT2D eigenvalue weighted by Gasteiger charge is 2.22. The van der Waals surface area contributed by atoms with Gasteiger partial charge in [-0.2, -0.15) is 5.10 Å². The van der Waals surface area contributed by atoms with E-state index in [1.54, 1.807) is 0 Å². The molecule has 2 aromatic rings. The van der Waals surface area contributed by atoms with Crippen molar-refractivity contribution in [1.29, 1.82) is 0 Å². The maximum absolute atomic E-state index is 13.0. The second-order valence-corrected chi connectivity index (χ2v) is 5.80. The van der Waals surface area contributed by atoms with E-state index in [-0.39, 0.29) is 18.1 Å². The van der Waals surface area contributed by atoms with Gasteiger partial charge in [-0.05, 0) is 31.3 Å². The third-order valence-electron chi connectivity index (χ3n) is 4.08. The van der Waals surface area contributed by atoms with Crippen molar-refractivity contribution in [3.8, 4) is 0 Å². The molecule has 2 rings (SSSR count). The van der Waals surface area contributed by atoms with Gasteiger partial charge in [-0.1, -0.05) is 13.8 Å². The minimum absolute atomic E-state index is 0.0179. The summed E-state index contributed by atoms with van der Waals surface area (Å²) in [6.45, 7) is 6.62. The van der Waals surface area contributed by atoms with Crippen LogP contribution in [0.25, 0.3) is 0 Å². The van der Waals surface area contributed by atoms with Crippen molar-refractivity contribution in [3.63, 3.8) is 0 Å². The summed E-state index contributed by atoms with van der Waals surface area (Å²) >= 11 is 0. The van der Waals surface area contributed by atoms with E-state index >= 15 is 0 Å². The number of likely N-dealkylation sites (N-methyl/N-ethyl adjacent to an activating group) is 1. The lowest BCUT2D eigenvalue weighted by Crippen LogP contribution is -2.34. The van der Waals surface area contributed by atoms with E-state index in [2.05, 4.69) is 15.3 Å². The largest absolute Gasteiger partial charge is 0.454 e. The molecule has 0 atom stereocenters. The Bertz CT molecular complexity index is 741. The topological polar surface area (TPSA) is 63.3 Å². The molecule has 6 nitrogen and oxygen atoms in total. The van der Waals surface area contributed by atoms with Crippen LogP contribution in [-0.2, 0) is 6.54 Å². The number of hydrogen-bond acceptors (Lipinski definition) is 4. The summed E-state index contributed by atoms with van der Waals surface area (Å²) in [4.78, 5) is 14.2. The lowest BCUT2D eigenvalue weighted by Gasteiger charge is -2.17. The highest BCUT2D eigenvalue weighted by atomic mass is 19.3. The van der Waals surface area contributed by atoms with Crippen LogP contribution in [-0.4, -0.2) is 46.8 Å². The van der Waals surface area contributed by atoms with Gasteiger partial charge in [0.15, 0.2) is 5.76 Å². The molecule has 0 aliphatic rings. The molecule has 0 radical (unpaired) electrons. The second kappa shape index (κ2) is 9.54. The van der Waals surface area contributed by atoms with E-state index in [1.165, 1.54) is 12.1 Å². The van der Waals surface area contributed by atoms with E-state index in [9.17, 15) is 22.4 Å². The fourth-order valence-electron chi connectivity index (χ4n) is 2.55. The first kappa shape index (κ1) is 20.9. The molecule has 1 amide bonds. The number of alkyl halides is 4. The number of rotatable bonds is 10. The van der Waals surface area contributed by atoms with Gasteiger partial charge in [0.25, 0.3) is 18.8 Å². The predicted molar refractivity (Wildman–Crippen MR) is 90.1 cm³/mol. The summed E-state index contributed by atoms with van der Waals surface area (Å²) in [5, 5.41) is 6.20. The Labute approximate surface area is 154 Å². The molecular weight excluding hydrogens is 368 g/mol. The number of hydrogen-bond donors (Lipinski definition) is 1. The first-order chi connectivity index (χ1) is 12.8. The van der Waals surface area contributed by atoms with E-state index in [1.807, 2.05) is 13.8 Å². The van der Waals surface area contributed by atoms with E-state index in [4.69, 9.17) is 4.42 Å². The maximum Gasteiger partial charge on any atom is 0.287 e. The zero-order chi connectivity index (χ0) is 20.0. The van der Waals surface area contributed by atoms with Crippen LogP contribution in [0.3, 0.4) is 0 Å². The molecule has 0 aliphatic carbocycles. The Kier molecular flexibility index (Phi) is 7.40. The lowest BCUT2D eigenvalue weighted by atomic mass is 10.3. The van der Waals surface area contributed by atoms with Crippen molar-refractivity contribution in [2.75, 3.05) is 26.2 Å². The number of halogens is 4. The molecule has 2 aromatic heterocycles. The molecule has 0 bridgehead atoms. The van der Waals surface area contributed by atoms with Crippen molar-refractivity contribution >= 4 is 5.91 Å². The molecule has 0 saturated carbocycles. The molecule has 150 valence electrons. The van der Waals surface area contributed by atoms with Crippen LogP contribution in [0.4, 0.5) is 17.6 Å². The third-order valence-corrected chi connectivity index (χ3v) is 4.08. The summed E-state index contributed by atoms with van der Waals surface area (Å²) in [6.07, 6.45) is -5.91. The number of furan rings is 1. The summed E-state index contributed by atoms with van der Waals surface area (Å²) in [5.74, 6) is -0.254. The third kappa shape index (κ3) is 5.56. The van der Waals surface area contributed by atoms with Gasteiger partial charge in [0.05, 0.1) is 6.54 Å². The van der Waals surface area contributed by atoms with Crippen molar-refractivity contribution in [2.45, 2.75) is 33.2 Å². The Hall–Kier alpha value is -2.36. The normalized spacial score (nSPS) is 11.7. The minimum atomic E-state index is -2.96. The highest BCUT2D eigenvalue weighted by molar-refractivity contribution is 5.91. The van der Waals surface area contributed by atoms with Gasteiger partial charge >= 0.3 is 0 Å². The smallest absolute Gasteiger partial charge is 0.287 e. The summed E-state index contributed by atoms with van der Waals surface area (Å²) in [5.41, 5.74) is -1.36. The molecule has 1 N–H and O–H groups in total. The second-order valence-electron chi connectivity index (χ2n) is 5.80. The average Bonchev–Trinajstić information content (AvgIpc) is 3.26. The fraction of sp³-hybridized carbons (Fsp3) is 0.529. The van der Waals surface area contributed by atoms with Gasteiger partial charge < -0.3 is 14.6 Å². The van der Waals surface area contributed by atoms with Gasteiger partial charge in [0, 0.05) is 13.1 Å². The Morgan fingerprint density at radius 3 is 2.52 bits per heavy atom. The van der Waals surface area contributed by atoms with Gasteiger partial charge in [-0.3, -0.25) is 9.48 Å². The van der Waals surface area contributed by atoms with E-state index in [0.717, 1.165) is 17.8 Å². The molecule has 27 heavy (non-hydrogen) atoms. The number of aromatic nitrogens is 2.